The van der Waals surface area contributed by atoms with Crippen LogP contribution in [0.25, 0.3) is 0 Å². The average molecular weight is 319 g/mol. The first-order valence-electron chi connectivity index (χ1n) is 6.26. The molecule has 20 heavy (non-hydrogen) atoms. The van der Waals surface area contributed by atoms with Crippen LogP contribution in [0.2, 0.25) is 0 Å². The van der Waals surface area contributed by atoms with E-state index in [9.17, 15) is 14.9 Å². The van der Waals surface area contributed by atoms with Crippen molar-refractivity contribution in [1.29, 1.82) is 0 Å². The third kappa shape index (κ3) is 4.98. The third-order valence-corrected chi connectivity index (χ3v) is 3.86. The number of amides is 1. The quantitative estimate of drug-likeness (QED) is 0.476. The molecule has 0 unspecified atom stereocenters. The Morgan fingerprint density at radius 2 is 1.90 bits per heavy atom. The van der Waals surface area contributed by atoms with Gasteiger partial charge in [-0.2, -0.15) is 0 Å². The maximum atomic E-state index is 11.8. The second-order valence-electron chi connectivity index (χ2n) is 4.33. The lowest BCUT2D eigenvalue weighted by molar-refractivity contribution is -0.384. The first-order valence-corrected chi connectivity index (χ1v) is 7.13. The highest BCUT2D eigenvalue weighted by molar-refractivity contribution is 6.30. The van der Waals surface area contributed by atoms with Gasteiger partial charge in [0.2, 0.25) is 0 Å². The molecule has 0 bridgehead atoms. The Kier molecular flexibility index (Phi) is 6.75. The number of non-ortho nitro benzene ring substituents is 1. The molecule has 2 atom stereocenters. The lowest BCUT2D eigenvalue weighted by atomic mass is 10.1. The van der Waals surface area contributed by atoms with Crippen LogP contribution in [-0.2, 0) is 0 Å². The Hall–Kier alpha value is -1.33. The van der Waals surface area contributed by atoms with Gasteiger partial charge in [-0.1, -0.05) is 13.3 Å². The topological polar surface area (TPSA) is 72.2 Å². The van der Waals surface area contributed by atoms with Gasteiger partial charge >= 0.3 is 0 Å². The molecule has 1 N–H and O–H groups in total. The van der Waals surface area contributed by atoms with E-state index in [0.717, 1.165) is 12.8 Å². The fourth-order valence-electron chi connectivity index (χ4n) is 1.61. The van der Waals surface area contributed by atoms with Gasteiger partial charge < -0.3 is 5.32 Å². The zero-order valence-electron chi connectivity index (χ0n) is 11.0. The number of nitrogens with zero attached hydrogens (tertiary/aromatic N) is 1. The summed E-state index contributed by atoms with van der Waals surface area (Å²) in [6, 6.07) is 5.38. The fourth-order valence-corrected chi connectivity index (χ4v) is 2.12. The van der Waals surface area contributed by atoms with E-state index < -0.39 is 4.92 Å². The SMILES string of the molecule is CCC[C@H](Cl)[C@@H](Cl)CNC(=O)c1ccc([N+](=O)[O-])cc1. The second-order valence-corrected chi connectivity index (χ2v) is 5.46. The van der Waals surface area contributed by atoms with Gasteiger partial charge in [0, 0.05) is 24.2 Å². The van der Waals surface area contributed by atoms with E-state index in [1.54, 1.807) is 0 Å². The number of halogens is 2. The van der Waals surface area contributed by atoms with E-state index in [1.165, 1.54) is 24.3 Å². The standard InChI is InChI=1S/C13H16Cl2N2O3/c1-2-3-11(14)12(15)8-16-13(18)9-4-6-10(7-5-9)17(19)20/h4-7,11-12H,2-3,8H2,1H3,(H,16,18)/t11-,12-/m0/s1. The summed E-state index contributed by atoms with van der Waals surface area (Å²) in [5.74, 6) is -0.328. The van der Waals surface area contributed by atoms with Gasteiger partial charge in [0.25, 0.3) is 11.6 Å². The summed E-state index contributed by atoms with van der Waals surface area (Å²) in [6.45, 7) is 2.26. The molecule has 0 aliphatic carbocycles. The van der Waals surface area contributed by atoms with Crippen molar-refractivity contribution in [3.8, 4) is 0 Å². The largest absolute Gasteiger partial charge is 0.350 e. The second kappa shape index (κ2) is 8.07. The average Bonchev–Trinajstić information content (AvgIpc) is 2.44. The Morgan fingerprint density at radius 3 is 2.40 bits per heavy atom. The number of nitro groups is 1. The van der Waals surface area contributed by atoms with E-state index in [-0.39, 0.29) is 28.9 Å². The van der Waals surface area contributed by atoms with Crippen LogP contribution < -0.4 is 5.32 Å². The highest BCUT2D eigenvalue weighted by Crippen LogP contribution is 2.15. The molecular weight excluding hydrogens is 303 g/mol. The summed E-state index contributed by atoms with van der Waals surface area (Å²) in [6.07, 6.45) is 1.71. The molecule has 0 saturated heterocycles. The molecule has 1 aromatic carbocycles. The maximum Gasteiger partial charge on any atom is 0.269 e. The lowest BCUT2D eigenvalue weighted by Gasteiger charge is -2.15. The van der Waals surface area contributed by atoms with Crippen LogP contribution in [0.5, 0.6) is 0 Å². The van der Waals surface area contributed by atoms with Crippen molar-refractivity contribution in [3.05, 3.63) is 39.9 Å². The van der Waals surface area contributed by atoms with E-state index in [1.807, 2.05) is 6.92 Å². The van der Waals surface area contributed by atoms with Gasteiger partial charge in [-0.25, -0.2) is 0 Å². The molecule has 5 nitrogen and oxygen atoms in total. The monoisotopic (exact) mass is 318 g/mol. The molecule has 0 fully saturated rings. The normalized spacial score (nSPS) is 13.6. The predicted molar refractivity (Wildman–Crippen MR) is 79.6 cm³/mol. The molecule has 0 saturated carbocycles. The van der Waals surface area contributed by atoms with Gasteiger partial charge in [0.05, 0.1) is 15.7 Å². The van der Waals surface area contributed by atoms with Crippen molar-refractivity contribution in [2.24, 2.45) is 0 Å². The van der Waals surface area contributed by atoms with E-state index >= 15 is 0 Å². The van der Waals surface area contributed by atoms with Crippen molar-refractivity contribution in [1.82, 2.24) is 5.32 Å². The Bertz CT molecular complexity index is 465. The van der Waals surface area contributed by atoms with Crippen LogP contribution in [0.4, 0.5) is 5.69 Å². The summed E-state index contributed by atoms with van der Waals surface area (Å²) >= 11 is 12.1. The minimum absolute atomic E-state index is 0.0551. The molecule has 0 aliphatic rings. The summed E-state index contributed by atoms with van der Waals surface area (Å²) in [4.78, 5) is 21.8. The third-order valence-electron chi connectivity index (χ3n) is 2.75. The number of carbonyl (C=O) groups is 1. The van der Waals surface area contributed by atoms with Crippen molar-refractivity contribution in [3.63, 3.8) is 0 Å². The minimum Gasteiger partial charge on any atom is -0.350 e. The minimum atomic E-state index is -0.515. The van der Waals surface area contributed by atoms with Gasteiger partial charge in [0.15, 0.2) is 0 Å². The zero-order valence-corrected chi connectivity index (χ0v) is 12.5. The first-order chi connectivity index (χ1) is 9.45. The van der Waals surface area contributed by atoms with Gasteiger partial charge in [-0.15, -0.1) is 23.2 Å². The highest BCUT2D eigenvalue weighted by atomic mass is 35.5. The van der Waals surface area contributed by atoms with Crippen LogP contribution in [0, 0.1) is 10.1 Å². The van der Waals surface area contributed by atoms with Crippen molar-refractivity contribution in [2.45, 2.75) is 30.5 Å². The van der Waals surface area contributed by atoms with E-state index in [2.05, 4.69) is 5.32 Å². The maximum absolute atomic E-state index is 11.8. The fraction of sp³-hybridized carbons (Fsp3) is 0.462. The van der Waals surface area contributed by atoms with Crippen LogP contribution >= 0.6 is 23.2 Å². The van der Waals surface area contributed by atoms with E-state index in [0.29, 0.717) is 5.56 Å². The van der Waals surface area contributed by atoms with Crippen LogP contribution in [0.3, 0.4) is 0 Å². The van der Waals surface area contributed by atoms with Gasteiger partial charge in [-0.05, 0) is 18.6 Å². The number of benzene rings is 1. The molecule has 7 heteroatoms. The zero-order chi connectivity index (χ0) is 15.1. The lowest BCUT2D eigenvalue weighted by Crippen LogP contribution is -2.33. The Balaban J connectivity index is 2.52. The number of alkyl halides is 2. The molecule has 0 heterocycles. The number of nitrogens with one attached hydrogen (secondary N) is 1. The molecule has 0 aliphatic heterocycles. The summed E-state index contributed by atoms with van der Waals surface area (Å²) in [5, 5.41) is 12.6. The molecule has 0 aromatic heterocycles. The Labute approximate surface area is 127 Å². The van der Waals surface area contributed by atoms with Crippen LogP contribution in [-0.4, -0.2) is 28.1 Å². The summed E-state index contributed by atoms with van der Waals surface area (Å²) in [7, 11) is 0. The molecule has 0 radical (unpaired) electrons. The van der Waals surface area contributed by atoms with Crippen molar-refractivity contribution < 1.29 is 9.72 Å². The summed E-state index contributed by atoms with van der Waals surface area (Å²) in [5.41, 5.74) is 0.293. The first kappa shape index (κ1) is 16.7. The number of hydrogen-bond acceptors (Lipinski definition) is 3. The van der Waals surface area contributed by atoms with Crippen LogP contribution in [0.15, 0.2) is 24.3 Å². The van der Waals surface area contributed by atoms with Gasteiger partial charge in [0.1, 0.15) is 0 Å². The highest BCUT2D eigenvalue weighted by Gasteiger charge is 2.17. The molecule has 1 amide bonds. The predicted octanol–water partition coefficient (Wildman–Crippen LogP) is 3.34. The molecular formula is C13H16Cl2N2O3. The number of rotatable bonds is 7. The van der Waals surface area contributed by atoms with Crippen molar-refractivity contribution in [2.75, 3.05) is 6.54 Å². The van der Waals surface area contributed by atoms with Gasteiger partial charge in [-0.3, -0.25) is 14.9 Å². The number of hydrogen-bond donors (Lipinski definition) is 1. The molecule has 1 aromatic rings. The van der Waals surface area contributed by atoms with Crippen LogP contribution in [0.1, 0.15) is 30.1 Å². The smallest absolute Gasteiger partial charge is 0.269 e. The number of carbonyl (C=O) groups excluding carboxylic acids is 1. The molecule has 0 spiro atoms. The van der Waals surface area contributed by atoms with E-state index in [4.69, 9.17) is 23.2 Å². The Morgan fingerprint density at radius 1 is 1.30 bits per heavy atom. The molecule has 1 rings (SSSR count). The number of nitro benzene ring substituents is 1. The summed E-state index contributed by atoms with van der Waals surface area (Å²) < 4.78 is 0. The molecule has 110 valence electrons. The van der Waals surface area contributed by atoms with Crippen molar-refractivity contribution >= 4 is 34.8 Å².